The lowest BCUT2D eigenvalue weighted by molar-refractivity contribution is 0.610. The molecule has 1 aromatic rings. The molecule has 0 saturated carbocycles. The molecule has 0 saturated heterocycles. The molecule has 4 heteroatoms. The average molecular weight is 180 g/mol. The number of hydrazine groups is 1. The van der Waals surface area contributed by atoms with Crippen molar-refractivity contribution in [2.45, 2.75) is 19.9 Å². The molecule has 0 radical (unpaired) electrons. The summed E-state index contributed by atoms with van der Waals surface area (Å²) in [6.45, 7) is 4.08. The van der Waals surface area contributed by atoms with Crippen molar-refractivity contribution in [3.05, 3.63) is 29.9 Å². The number of allylic oxidation sites excluding steroid dienone is 1. The van der Waals surface area contributed by atoms with E-state index in [0.717, 1.165) is 5.69 Å². The molecular weight excluding hydrogens is 164 g/mol. The highest BCUT2D eigenvalue weighted by atomic mass is 15.2. The van der Waals surface area contributed by atoms with E-state index in [1.807, 2.05) is 31.7 Å². The molecule has 0 spiro atoms. The highest BCUT2D eigenvalue weighted by molar-refractivity contribution is 5.14. The minimum Gasteiger partial charge on any atom is -0.336 e. The van der Waals surface area contributed by atoms with Gasteiger partial charge in [0.1, 0.15) is 0 Å². The Hall–Kier alpha value is -1.13. The second-order valence-corrected chi connectivity index (χ2v) is 3.32. The largest absolute Gasteiger partial charge is 0.336 e. The Labute approximate surface area is 78.4 Å². The number of aryl methyl sites for hydroxylation is 1. The Balaban J connectivity index is 2.91. The molecule has 1 atom stereocenters. The van der Waals surface area contributed by atoms with Crippen LogP contribution in [0.1, 0.15) is 25.6 Å². The van der Waals surface area contributed by atoms with Gasteiger partial charge in [-0.1, -0.05) is 11.6 Å². The third kappa shape index (κ3) is 2.40. The van der Waals surface area contributed by atoms with Crippen molar-refractivity contribution >= 4 is 0 Å². The fourth-order valence-corrected chi connectivity index (χ4v) is 1.22. The van der Waals surface area contributed by atoms with Gasteiger partial charge in [-0.2, -0.15) is 0 Å². The molecule has 3 N–H and O–H groups in total. The monoisotopic (exact) mass is 180 g/mol. The topological polar surface area (TPSA) is 55.9 Å². The van der Waals surface area contributed by atoms with Gasteiger partial charge < -0.3 is 4.57 Å². The maximum Gasteiger partial charge on any atom is 0.0946 e. The molecule has 72 valence electrons. The molecule has 1 unspecified atom stereocenters. The molecule has 4 nitrogen and oxygen atoms in total. The van der Waals surface area contributed by atoms with E-state index in [-0.39, 0.29) is 6.04 Å². The van der Waals surface area contributed by atoms with Crippen LogP contribution in [0.15, 0.2) is 24.2 Å². The second kappa shape index (κ2) is 4.20. The van der Waals surface area contributed by atoms with Crippen molar-refractivity contribution in [2.24, 2.45) is 12.9 Å². The van der Waals surface area contributed by atoms with Crippen molar-refractivity contribution < 1.29 is 0 Å². The number of hydrogen-bond acceptors (Lipinski definition) is 3. The van der Waals surface area contributed by atoms with Gasteiger partial charge in [0.05, 0.1) is 24.3 Å². The van der Waals surface area contributed by atoms with E-state index in [1.165, 1.54) is 5.57 Å². The van der Waals surface area contributed by atoms with Crippen molar-refractivity contribution in [1.82, 2.24) is 15.0 Å². The number of aromatic nitrogens is 2. The van der Waals surface area contributed by atoms with Crippen molar-refractivity contribution in [2.75, 3.05) is 0 Å². The van der Waals surface area contributed by atoms with Gasteiger partial charge in [0, 0.05) is 7.05 Å². The summed E-state index contributed by atoms with van der Waals surface area (Å²) in [7, 11) is 1.95. The predicted octanol–water partition coefficient (Wildman–Crippen LogP) is 0.891. The Kier molecular flexibility index (Phi) is 3.22. The standard InChI is InChI=1S/C9H16N4/c1-7(2)4-8(12-10)9-5-11-6-13(9)3/h4-6,8,12H,10H2,1-3H3. The van der Waals surface area contributed by atoms with Crippen LogP contribution < -0.4 is 11.3 Å². The summed E-state index contributed by atoms with van der Waals surface area (Å²) < 4.78 is 1.95. The summed E-state index contributed by atoms with van der Waals surface area (Å²) in [6, 6.07) is 0.0394. The maximum atomic E-state index is 5.45. The SMILES string of the molecule is CC(C)=CC(NN)c1cncn1C. The van der Waals surface area contributed by atoms with Crippen LogP contribution in [-0.4, -0.2) is 9.55 Å². The predicted molar refractivity (Wildman–Crippen MR) is 52.7 cm³/mol. The molecule has 0 bridgehead atoms. The Morgan fingerprint density at radius 3 is 2.77 bits per heavy atom. The number of rotatable bonds is 3. The van der Waals surface area contributed by atoms with E-state index in [9.17, 15) is 0 Å². The van der Waals surface area contributed by atoms with Gasteiger partial charge in [-0.25, -0.2) is 10.4 Å². The Morgan fingerprint density at radius 1 is 1.69 bits per heavy atom. The minimum atomic E-state index is 0.0394. The smallest absolute Gasteiger partial charge is 0.0946 e. The van der Waals surface area contributed by atoms with Crippen LogP contribution in [0.25, 0.3) is 0 Å². The quantitative estimate of drug-likeness (QED) is 0.412. The van der Waals surface area contributed by atoms with Gasteiger partial charge in [0.15, 0.2) is 0 Å². The van der Waals surface area contributed by atoms with E-state index < -0.39 is 0 Å². The van der Waals surface area contributed by atoms with Crippen molar-refractivity contribution in [3.8, 4) is 0 Å². The van der Waals surface area contributed by atoms with E-state index in [0.29, 0.717) is 0 Å². The number of hydrogen-bond donors (Lipinski definition) is 2. The van der Waals surface area contributed by atoms with Crippen LogP contribution >= 0.6 is 0 Å². The lowest BCUT2D eigenvalue weighted by Crippen LogP contribution is -2.28. The van der Waals surface area contributed by atoms with Crippen LogP contribution in [0.5, 0.6) is 0 Å². The average Bonchev–Trinajstić information content (AvgIpc) is 2.47. The number of nitrogens with zero attached hydrogens (tertiary/aromatic N) is 2. The summed E-state index contributed by atoms with van der Waals surface area (Å²) >= 11 is 0. The fourth-order valence-electron chi connectivity index (χ4n) is 1.22. The third-order valence-corrected chi connectivity index (χ3v) is 1.85. The Bertz CT molecular complexity index is 296. The minimum absolute atomic E-state index is 0.0394. The lowest BCUT2D eigenvalue weighted by atomic mass is 10.1. The maximum absolute atomic E-state index is 5.45. The van der Waals surface area contributed by atoms with E-state index in [4.69, 9.17) is 5.84 Å². The lowest BCUT2D eigenvalue weighted by Gasteiger charge is -2.12. The molecule has 1 heterocycles. The summed E-state index contributed by atoms with van der Waals surface area (Å²) in [5.74, 6) is 5.45. The van der Waals surface area contributed by atoms with Gasteiger partial charge in [0.2, 0.25) is 0 Å². The second-order valence-electron chi connectivity index (χ2n) is 3.32. The number of nitrogens with two attached hydrogens (primary N) is 1. The first-order valence-corrected chi connectivity index (χ1v) is 4.22. The van der Waals surface area contributed by atoms with Gasteiger partial charge in [-0.3, -0.25) is 5.84 Å². The van der Waals surface area contributed by atoms with Crippen molar-refractivity contribution in [1.29, 1.82) is 0 Å². The van der Waals surface area contributed by atoms with Gasteiger partial charge in [0.25, 0.3) is 0 Å². The Morgan fingerprint density at radius 2 is 2.38 bits per heavy atom. The summed E-state index contributed by atoms with van der Waals surface area (Å²) in [5.41, 5.74) is 5.02. The first kappa shape index (κ1) is 9.95. The fraction of sp³-hybridized carbons (Fsp3) is 0.444. The molecule has 0 fully saturated rings. The zero-order chi connectivity index (χ0) is 9.84. The zero-order valence-electron chi connectivity index (χ0n) is 8.28. The first-order valence-electron chi connectivity index (χ1n) is 4.22. The van der Waals surface area contributed by atoms with Crippen LogP contribution in [0.2, 0.25) is 0 Å². The molecule has 1 aromatic heterocycles. The van der Waals surface area contributed by atoms with Gasteiger partial charge in [-0.05, 0) is 13.8 Å². The van der Waals surface area contributed by atoms with Gasteiger partial charge >= 0.3 is 0 Å². The molecular formula is C9H16N4. The first-order chi connectivity index (χ1) is 6.15. The van der Waals surface area contributed by atoms with E-state index in [2.05, 4.69) is 16.5 Å². The molecule has 0 aliphatic carbocycles. The molecule has 1 rings (SSSR count). The normalized spacial score (nSPS) is 12.6. The highest BCUT2D eigenvalue weighted by Gasteiger charge is 2.09. The molecule has 13 heavy (non-hydrogen) atoms. The molecule has 0 aliphatic rings. The number of imidazole rings is 1. The zero-order valence-corrected chi connectivity index (χ0v) is 8.28. The van der Waals surface area contributed by atoms with Crippen LogP contribution in [-0.2, 0) is 7.05 Å². The van der Waals surface area contributed by atoms with E-state index >= 15 is 0 Å². The third-order valence-electron chi connectivity index (χ3n) is 1.85. The van der Waals surface area contributed by atoms with Crippen molar-refractivity contribution in [3.63, 3.8) is 0 Å². The van der Waals surface area contributed by atoms with Crippen LogP contribution in [0, 0.1) is 0 Å². The highest BCUT2D eigenvalue weighted by Crippen LogP contribution is 2.13. The van der Waals surface area contributed by atoms with Crippen LogP contribution in [0.3, 0.4) is 0 Å². The van der Waals surface area contributed by atoms with Crippen LogP contribution in [0.4, 0.5) is 0 Å². The molecule has 0 aromatic carbocycles. The summed E-state index contributed by atoms with van der Waals surface area (Å²) in [4.78, 5) is 4.04. The van der Waals surface area contributed by atoms with E-state index in [1.54, 1.807) is 6.33 Å². The molecule has 0 amide bonds. The number of nitrogens with one attached hydrogen (secondary N) is 1. The van der Waals surface area contributed by atoms with Gasteiger partial charge in [-0.15, -0.1) is 0 Å². The summed E-state index contributed by atoms with van der Waals surface area (Å²) in [5, 5.41) is 0. The molecule has 0 aliphatic heterocycles. The summed E-state index contributed by atoms with van der Waals surface area (Å²) in [6.07, 6.45) is 5.64.